The van der Waals surface area contributed by atoms with E-state index in [0.717, 1.165) is 31.6 Å². The number of nitrogens with zero attached hydrogens (tertiary/aromatic N) is 3. The van der Waals surface area contributed by atoms with Gasteiger partial charge in [-0.1, -0.05) is 6.92 Å². The van der Waals surface area contributed by atoms with Gasteiger partial charge in [0, 0.05) is 25.2 Å². The lowest BCUT2D eigenvalue weighted by Crippen LogP contribution is -2.47. The number of hydrogen-bond acceptors (Lipinski definition) is 5. The first-order valence-corrected chi connectivity index (χ1v) is 8.23. The van der Waals surface area contributed by atoms with Gasteiger partial charge in [-0.3, -0.25) is 14.4 Å². The molecule has 0 bridgehead atoms. The highest BCUT2D eigenvalue weighted by molar-refractivity contribution is 5.78. The van der Waals surface area contributed by atoms with Gasteiger partial charge < -0.3 is 15.5 Å². The summed E-state index contributed by atoms with van der Waals surface area (Å²) in [5.41, 5.74) is 1.26. The molecule has 0 radical (unpaired) electrons. The number of aliphatic hydroxyl groups is 2. The van der Waals surface area contributed by atoms with E-state index >= 15 is 0 Å². The fourth-order valence-electron chi connectivity index (χ4n) is 2.65. The lowest BCUT2D eigenvalue weighted by Gasteiger charge is -2.27. The molecule has 7 nitrogen and oxygen atoms in total. The van der Waals surface area contributed by atoms with Gasteiger partial charge in [0.15, 0.2) is 0 Å². The third kappa shape index (κ3) is 4.76. The molecular weight excluding hydrogens is 296 g/mol. The topological polar surface area (TPSA) is 90.6 Å². The number of amides is 1. The quantitative estimate of drug-likeness (QED) is 0.705. The highest BCUT2D eigenvalue weighted by Gasteiger charge is 2.23. The third-order valence-corrected chi connectivity index (χ3v) is 4.36. The molecule has 130 valence electrons. The van der Waals surface area contributed by atoms with E-state index in [1.165, 1.54) is 0 Å². The van der Waals surface area contributed by atoms with Crippen molar-refractivity contribution in [3.8, 4) is 0 Å². The zero-order valence-corrected chi connectivity index (χ0v) is 14.2. The Balaban J connectivity index is 2.00. The Morgan fingerprint density at radius 2 is 2.22 bits per heavy atom. The normalized spacial score (nSPS) is 17.4. The summed E-state index contributed by atoms with van der Waals surface area (Å²) in [6.45, 7) is 8.31. The third-order valence-electron chi connectivity index (χ3n) is 4.36. The average molecular weight is 324 g/mol. The van der Waals surface area contributed by atoms with E-state index < -0.39 is 6.10 Å². The van der Waals surface area contributed by atoms with Crippen LogP contribution in [0.15, 0.2) is 6.07 Å². The molecule has 2 heterocycles. The highest BCUT2D eigenvalue weighted by atomic mass is 16.3. The number of hydrogen-bond donors (Lipinski definition) is 3. The van der Waals surface area contributed by atoms with Crippen LogP contribution >= 0.6 is 0 Å². The molecule has 0 saturated carbocycles. The molecule has 1 amide bonds. The molecule has 0 saturated heterocycles. The molecule has 1 atom stereocenters. The van der Waals surface area contributed by atoms with Crippen LogP contribution < -0.4 is 5.32 Å². The van der Waals surface area contributed by atoms with E-state index in [-0.39, 0.29) is 18.1 Å². The summed E-state index contributed by atoms with van der Waals surface area (Å²) < 4.78 is 1.86. The Bertz CT molecular complexity index is 541. The fraction of sp³-hybridized carbons (Fsp3) is 0.750. The number of aliphatic hydroxyl groups excluding tert-OH is 2. The Morgan fingerprint density at radius 3 is 2.87 bits per heavy atom. The van der Waals surface area contributed by atoms with Crippen LogP contribution in [-0.2, 0) is 17.9 Å². The molecule has 23 heavy (non-hydrogen) atoms. The van der Waals surface area contributed by atoms with Crippen molar-refractivity contribution in [1.82, 2.24) is 20.0 Å². The molecule has 1 aromatic heterocycles. The van der Waals surface area contributed by atoms with Crippen molar-refractivity contribution in [3.05, 3.63) is 17.5 Å². The molecule has 0 fully saturated rings. The molecule has 0 spiro atoms. The molecule has 1 aliphatic heterocycles. The predicted octanol–water partition coefficient (Wildman–Crippen LogP) is 0.419. The van der Waals surface area contributed by atoms with Crippen molar-refractivity contribution in [2.75, 3.05) is 19.7 Å². The molecule has 0 aromatic carbocycles. The maximum Gasteiger partial charge on any atom is 0.234 e. The zero-order valence-electron chi connectivity index (χ0n) is 14.2. The molecule has 7 heteroatoms. The Labute approximate surface area is 137 Å². The van der Waals surface area contributed by atoms with Crippen LogP contribution in [0, 0.1) is 0 Å². The fourth-order valence-corrected chi connectivity index (χ4v) is 2.65. The number of fused-ring (bicyclic) bond motifs is 1. The Kier molecular flexibility index (Phi) is 5.78. The van der Waals surface area contributed by atoms with Crippen molar-refractivity contribution in [1.29, 1.82) is 0 Å². The first-order chi connectivity index (χ1) is 10.8. The van der Waals surface area contributed by atoms with Gasteiger partial charge in [0.25, 0.3) is 0 Å². The zero-order chi connectivity index (χ0) is 17.0. The summed E-state index contributed by atoms with van der Waals surface area (Å²) in [4.78, 5) is 14.3. The second kappa shape index (κ2) is 7.42. The van der Waals surface area contributed by atoms with Crippen molar-refractivity contribution >= 4 is 5.91 Å². The van der Waals surface area contributed by atoms with Crippen LogP contribution in [0.3, 0.4) is 0 Å². The number of carbonyl (C=O) groups is 1. The minimum Gasteiger partial charge on any atom is -0.393 e. The van der Waals surface area contributed by atoms with Gasteiger partial charge in [-0.05, 0) is 32.8 Å². The molecule has 1 aliphatic rings. The first kappa shape index (κ1) is 17.9. The number of carbonyl (C=O) groups excluding carboxylic acids is 1. The predicted molar refractivity (Wildman–Crippen MR) is 86.7 cm³/mol. The number of aryl methyl sites for hydroxylation is 1. The van der Waals surface area contributed by atoms with Crippen molar-refractivity contribution in [2.45, 2.75) is 58.3 Å². The largest absolute Gasteiger partial charge is 0.393 e. The minimum atomic E-state index is -0.948. The number of aromatic nitrogens is 2. The summed E-state index contributed by atoms with van der Waals surface area (Å²) in [5, 5.41) is 26.2. The summed E-state index contributed by atoms with van der Waals surface area (Å²) in [5.74, 6) is 0.0282. The number of nitrogens with one attached hydrogen (secondary N) is 1. The van der Waals surface area contributed by atoms with E-state index in [0.29, 0.717) is 18.8 Å². The van der Waals surface area contributed by atoms with Gasteiger partial charge in [-0.15, -0.1) is 0 Å². The van der Waals surface area contributed by atoms with Gasteiger partial charge in [-0.25, -0.2) is 0 Å². The summed E-state index contributed by atoms with van der Waals surface area (Å²) in [7, 11) is 0. The highest BCUT2D eigenvalue weighted by Crippen LogP contribution is 2.18. The monoisotopic (exact) mass is 324 g/mol. The molecule has 0 aliphatic carbocycles. The van der Waals surface area contributed by atoms with Gasteiger partial charge in [-0.2, -0.15) is 5.10 Å². The summed E-state index contributed by atoms with van der Waals surface area (Å²) in [6, 6.07) is 1.81. The van der Waals surface area contributed by atoms with E-state index in [2.05, 4.69) is 22.2 Å². The van der Waals surface area contributed by atoms with Crippen LogP contribution in [0.5, 0.6) is 0 Å². The van der Waals surface area contributed by atoms with Gasteiger partial charge in [0.2, 0.25) is 5.91 Å². The standard InChI is InChI=1S/C16H28N4O3/c1-4-16(2,3)17-15(23)10-19-6-5-7-20-12(9-19)8-13(18-20)14(22)11-21/h8,14,21-22H,4-7,9-11H2,1-3H3,(H,17,23). The maximum absolute atomic E-state index is 12.2. The summed E-state index contributed by atoms with van der Waals surface area (Å²) >= 11 is 0. The Morgan fingerprint density at radius 1 is 1.48 bits per heavy atom. The van der Waals surface area contributed by atoms with Crippen molar-refractivity contribution < 1.29 is 15.0 Å². The van der Waals surface area contributed by atoms with E-state index in [4.69, 9.17) is 5.11 Å². The average Bonchev–Trinajstić information content (AvgIpc) is 2.79. The van der Waals surface area contributed by atoms with Gasteiger partial charge in [0.05, 0.1) is 24.5 Å². The van der Waals surface area contributed by atoms with Crippen LogP contribution in [0.4, 0.5) is 0 Å². The van der Waals surface area contributed by atoms with E-state index in [1.807, 2.05) is 24.6 Å². The van der Waals surface area contributed by atoms with E-state index in [9.17, 15) is 9.90 Å². The molecule has 1 unspecified atom stereocenters. The molecule has 1 aromatic rings. The minimum absolute atomic E-state index is 0.0282. The van der Waals surface area contributed by atoms with E-state index in [1.54, 1.807) is 0 Å². The molecular formula is C16H28N4O3. The smallest absolute Gasteiger partial charge is 0.234 e. The Hall–Kier alpha value is -1.44. The van der Waals surface area contributed by atoms with Gasteiger partial charge in [0.1, 0.15) is 6.10 Å². The van der Waals surface area contributed by atoms with Crippen LogP contribution in [0.1, 0.15) is 51.1 Å². The van der Waals surface area contributed by atoms with Crippen LogP contribution in [0.2, 0.25) is 0 Å². The molecule has 2 rings (SSSR count). The summed E-state index contributed by atoms with van der Waals surface area (Å²) in [6.07, 6.45) is 0.832. The maximum atomic E-state index is 12.2. The van der Waals surface area contributed by atoms with Gasteiger partial charge >= 0.3 is 0 Å². The van der Waals surface area contributed by atoms with Crippen LogP contribution in [0.25, 0.3) is 0 Å². The van der Waals surface area contributed by atoms with Crippen LogP contribution in [-0.4, -0.2) is 56.0 Å². The first-order valence-electron chi connectivity index (χ1n) is 8.23. The second-order valence-corrected chi connectivity index (χ2v) is 6.83. The second-order valence-electron chi connectivity index (χ2n) is 6.83. The SMILES string of the molecule is CCC(C)(C)NC(=O)CN1CCCn2nc(C(O)CO)cc2C1. The van der Waals surface area contributed by atoms with Crippen molar-refractivity contribution in [2.24, 2.45) is 0 Å². The molecule has 3 N–H and O–H groups in total. The number of rotatable bonds is 6. The lowest BCUT2D eigenvalue weighted by molar-refractivity contribution is -0.124. The lowest BCUT2D eigenvalue weighted by atomic mass is 10.0. The van der Waals surface area contributed by atoms with Crippen molar-refractivity contribution in [3.63, 3.8) is 0 Å².